The van der Waals surface area contributed by atoms with E-state index in [0.29, 0.717) is 29.1 Å². The van der Waals surface area contributed by atoms with E-state index in [-0.39, 0.29) is 17.0 Å². The highest BCUT2D eigenvalue weighted by atomic mass is 32.2. The molecule has 2 bridgehead atoms. The first kappa shape index (κ1) is 28.5. The van der Waals surface area contributed by atoms with E-state index >= 15 is 0 Å². The average Bonchev–Trinajstić information content (AvgIpc) is 2.72. The van der Waals surface area contributed by atoms with Crippen LogP contribution in [-0.4, -0.2) is 30.8 Å². The molecular formula is C24H37F3N4O2S. The molecule has 0 radical (unpaired) electrons. The Bertz CT molecular complexity index is 878. The zero-order chi connectivity index (χ0) is 25.9. The normalized spacial score (nSPS) is 29.1. The monoisotopic (exact) mass is 502 g/mol. The van der Waals surface area contributed by atoms with Crippen molar-refractivity contribution < 1.29 is 22.8 Å². The SMILES string of the molecule is CC(C)(C=O)NSc1ccc(N)c(C(F)(F)F)c1.CNC1C(C)CC2CC1CC(C)(C(N)=O)C2. The smallest absolute Gasteiger partial charge is 0.398 e. The summed E-state index contributed by atoms with van der Waals surface area (Å²) in [6, 6.07) is 4.17. The summed E-state index contributed by atoms with van der Waals surface area (Å²) in [6.45, 7) is 7.62. The first-order chi connectivity index (χ1) is 15.6. The molecule has 0 aliphatic heterocycles. The first-order valence-electron chi connectivity index (χ1n) is 11.5. The van der Waals surface area contributed by atoms with E-state index in [1.807, 2.05) is 7.05 Å². The minimum atomic E-state index is -4.49. The highest BCUT2D eigenvalue weighted by molar-refractivity contribution is 7.97. The van der Waals surface area contributed by atoms with Gasteiger partial charge in [-0.1, -0.05) is 13.8 Å². The molecule has 5 atom stereocenters. The number of hydrogen-bond donors (Lipinski definition) is 4. The third-order valence-corrected chi connectivity index (χ3v) is 8.02. The first-order valence-corrected chi connectivity index (χ1v) is 12.3. The van der Waals surface area contributed by atoms with Crippen molar-refractivity contribution in [1.82, 2.24) is 10.0 Å². The van der Waals surface area contributed by atoms with Crippen LogP contribution in [0.4, 0.5) is 18.9 Å². The number of nitrogen functional groups attached to an aromatic ring is 1. The number of carbonyl (C=O) groups is 2. The summed E-state index contributed by atoms with van der Waals surface area (Å²) in [4.78, 5) is 22.6. The average molecular weight is 503 g/mol. The van der Waals surface area contributed by atoms with Crippen molar-refractivity contribution in [3.63, 3.8) is 0 Å². The minimum Gasteiger partial charge on any atom is -0.398 e. The fraction of sp³-hybridized carbons (Fsp3) is 0.667. The van der Waals surface area contributed by atoms with Crippen molar-refractivity contribution in [2.24, 2.45) is 28.9 Å². The van der Waals surface area contributed by atoms with Crippen LogP contribution in [0.3, 0.4) is 0 Å². The topological polar surface area (TPSA) is 110 Å². The second-order valence-electron chi connectivity index (χ2n) is 10.5. The molecule has 6 nitrogen and oxygen atoms in total. The number of alkyl halides is 3. The Morgan fingerprint density at radius 3 is 2.41 bits per heavy atom. The standard InChI is InChI=1S/C13H24N2O.C11H13F3N2OS/c1-8-4-9-5-10(11(8)15-3)7-13(2,6-9)12(14)16;1-10(2,6-17)16-18-7-3-4-9(15)8(5-7)11(12,13)14/h8-11,15H,4-7H2,1-3H3,(H2,14,16);3-6,16H,15H2,1-2H3. The highest BCUT2D eigenvalue weighted by Gasteiger charge is 2.47. The molecule has 0 saturated heterocycles. The van der Waals surface area contributed by atoms with Gasteiger partial charge in [0, 0.05) is 22.0 Å². The van der Waals surface area contributed by atoms with Gasteiger partial charge < -0.3 is 21.6 Å². The number of nitrogens with one attached hydrogen (secondary N) is 2. The molecule has 1 aromatic carbocycles. The molecular weight excluding hydrogens is 465 g/mol. The highest BCUT2D eigenvalue weighted by Crippen LogP contribution is 2.50. The van der Waals surface area contributed by atoms with Crippen molar-refractivity contribution in [3.05, 3.63) is 23.8 Å². The Labute approximate surface area is 204 Å². The molecule has 2 fully saturated rings. The van der Waals surface area contributed by atoms with Gasteiger partial charge >= 0.3 is 6.18 Å². The van der Waals surface area contributed by atoms with Gasteiger partial charge in [0.25, 0.3) is 0 Å². The lowest BCUT2D eigenvalue weighted by atomic mass is 9.57. The van der Waals surface area contributed by atoms with E-state index in [0.717, 1.165) is 36.8 Å². The largest absolute Gasteiger partial charge is 0.418 e. The van der Waals surface area contributed by atoms with E-state index in [9.17, 15) is 22.8 Å². The zero-order valence-electron chi connectivity index (χ0n) is 20.5. The number of primary amides is 1. The number of nitrogens with two attached hydrogens (primary N) is 2. The van der Waals surface area contributed by atoms with Gasteiger partial charge in [0.15, 0.2) is 0 Å². The van der Waals surface area contributed by atoms with Crippen molar-refractivity contribution >= 4 is 29.8 Å². The Morgan fingerprint density at radius 1 is 1.24 bits per heavy atom. The van der Waals surface area contributed by atoms with Crippen molar-refractivity contribution in [1.29, 1.82) is 0 Å². The Kier molecular flexibility index (Phi) is 9.10. The van der Waals surface area contributed by atoms with Crippen molar-refractivity contribution in [3.8, 4) is 0 Å². The lowest BCUT2D eigenvalue weighted by Gasteiger charge is -2.49. The number of hydrogen-bond acceptors (Lipinski definition) is 6. The number of anilines is 1. The molecule has 192 valence electrons. The molecule has 1 aromatic rings. The lowest BCUT2D eigenvalue weighted by molar-refractivity contribution is -0.137. The second-order valence-corrected chi connectivity index (χ2v) is 11.4. The third kappa shape index (κ3) is 7.11. The lowest BCUT2D eigenvalue weighted by Crippen LogP contribution is -2.52. The number of aldehydes is 1. The molecule has 5 unspecified atom stereocenters. The van der Waals surface area contributed by atoms with Crippen LogP contribution in [0.1, 0.15) is 58.9 Å². The molecule has 1 amide bonds. The van der Waals surface area contributed by atoms with Gasteiger partial charge in [-0.3, -0.25) is 4.79 Å². The van der Waals surface area contributed by atoms with E-state index < -0.39 is 17.3 Å². The predicted octanol–water partition coefficient (Wildman–Crippen LogP) is 4.38. The summed E-state index contributed by atoms with van der Waals surface area (Å²) in [5.74, 6) is 1.96. The van der Waals surface area contributed by atoms with Crippen LogP contribution in [-0.2, 0) is 15.8 Å². The van der Waals surface area contributed by atoms with Crippen LogP contribution in [0.25, 0.3) is 0 Å². The summed E-state index contributed by atoms with van der Waals surface area (Å²) >= 11 is 0.954. The van der Waals surface area contributed by atoms with E-state index in [1.165, 1.54) is 25.0 Å². The minimum absolute atomic E-state index is 0.105. The summed E-state index contributed by atoms with van der Waals surface area (Å²) in [5.41, 5.74) is 8.57. The number of rotatable bonds is 6. The summed E-state index contributed by atoms with van der Waals surface area (Å²) < 4.78 is 40.6. The molecule has 2 aliphatic rings. The van der Waals surface area contributed by atoms with Crippen LogP contribution in [0.15, 0.2) is 23.1 Å². The number of halogens is 3. The number of amides is 1. The molecule has 0 aromatic heterocycles. The fourth-order valence-corrected chi connectivity index (χ4v) is 6.01. The maximum atomic E-state index is 12.6. The summed E-state index contributed by atoms with van der Waals surface area (Å²) in [5, 5.41) is 3.43. The summed E-state index contributed by atoms with van der Waals surface area (Å²) in [6.07, 6.45) is 0.681. The molecule has 2 aliphatic carbocycles. The van der Waals surface area contributed by atoms with Gasteiger partial charge in [0.2, 0.25) is 5.91 Å². The second kappa shape index (κ2) is 10.9. The fourth-order valence-electron chi connectivity index (χ4n) is 5.26. The molecule has 2 saturated carbocycles. The van der Waals surface area contributed by atoms with Gasteiger partial charge in [0.05, 0.1) is 11.1 Å². The van der Waals surface area contributed by atoms with Crippen LogP contribution in [0.5, 0.6) is 0 Å². The number of benzene rings is 1. The Balaban J connectivity index is 0.000000241. The Hall–Kier alpha value is -1.78. The molecule has 34 heavy (non-hydrogen) atoms. The van der Waals surface area contributed by atoms with Crippen LogP contribution in [0, 0.1) is 23.2 Å². The van der Waals surface area contributed by atoms with E-state index in [1.54, 1.807) is 13.8 Å². The molecule has 6 N–H and O–H groups in total. The Morgan fingerprint density at radius 2 is 1.88 bits per heavy atom. The predicted molar refractivity (Wildman–Crippen MR) is 130 cm³/mol. The van der Waals surface area contributed by atoms with E-state index in [4.69, 9.17) is 11.5 Å². The maximum absolute atomic E-state index is 12.6. The zero-order valence-corrected chi connectivity index (χ0v) is 21.3. The third-order valence-electron chi connectivity index (χ3n) is 6.90. The van der Waals surface area contributed by atoms with E-state index in [2.05, 4.69) is 23.9 Å². The number of carbonyl (C=O) groups excluding carboxylic acids is 2. The molecule has 0 spiro atoms. The van der Waals surface area contributed by atoms with Crippen LogP contribution >= 0.6 is 11.9 Å². The van der Waals surface area contributed by atoms with Gasteiger partial charge in [-0.15, -0.1) is 0 Å². The number of fused-ring (bicyclic) bond motifs is 2. The maximum Gasteiger partial charge on any atom is 0.418 e. The molecule has 10 heteroatoms. The van der Waals surface area contributed by atoms with Crippen LogP contribution in [0.2, 0.25) is 0 Å². The molecule has 3 rings (SSSR count). The van der Waals surface area contributed by atoms with Gasteiger partial charge in [-0.05, 0) is 94.5 Å². The van der Waals surface area contributed by atoms with Crippen LogP contribution < -0.4 is 21.5 Å². The van der Waals surface area contributed by atoms with Gasteiger partial charge in [-0.25, -0.2) is 4.72 Å². The van der Waals surface area contributed by atoms with Gasteiger partial charge in [-0.2, -0.15) is 13.2 Å². The summed E-state index contributed by atoms with van der Waals surface area (Å²) in [7, 11) is 2.04. The quantitative estimate of drug-likeness (QED) is 0.261. The van der Waals surface area contributed by atoms with Crippen molar-refractivity contribution in [2.75, 3.05) is 12.8 Å². The van der Waals surface area contributed by atoms with Crippen molar-refractivity contribution in [2.45, 2.75) is 76.0 Å². The molecule has 0 heterocycles. The van der Waals surface area contributed by atoms with Gasteiger partial charge in [0.1, 0.15) is 6.29 Å².